The summed E-state index contributed by atoms with van der Waals surface area (Å²) in [4.78, 5) is 0. The Labute approximate surface area is 81.0 Å². The average Bonchev–Trinajstić information content (AvgIpc) is 2.58. The van der Waals surface area contributed by atoms with E-state index < -0.39 is 0 Å². The van der Waals surface area contributed by atoms with Gasteiger partial charge in [-0.3, -0.25) is 5.32 Å². The Morgan fingerprint density at radius 1 is 1.15 bits per heavy atom. The number of hydrogen-bond donors (Lipinski definition) is 1. The number of nitrogens with one attached hydrogen (secondary N) is 1. The van der Waals surface area contributed by atoms with Crippen molar-refractivity contribution in [3.05, 3.63) is 0 Å². The lowest BCUT2D eigenvalue weighted by molar-refractivity contribution is -0.0408. The fourth-order valence-electron chi connectivity index (χ4n) is 2.77. The van der Waals surface area contributed by atoms with E-state index in [9.17, 15) is 0 Å². The van der Waals surface area contributed by atoms with Crippen LogP contribution in [-0.4, -0.2) is 17.9 Å². The highest BCUT2D eigenvalue weighted by molar-refractivity contribution is 4.96. The summed E-state index contributed by atoms with van der Waals surface area (Å²) in [6, 6.07) is 0. The molecule has 0 aromatic heterocycles. The van der Waals surface area contributed by atoms with Crippen molar-refractivity contribution in [1.29, 1.82) is 0 Å². The van der Waals surface area contributed by atoms with Crippen LogP contribution in [0.2, 0.25) is 0 Å². The van der Waals surface area contributed by atoms with Crippen LogP contribution in [0.5, 0.6) is 0 Å². The Morgan fingerprint density at radius 3 is 2.23 bits per heavy atom. The Hall–Kier alpha value is -0.0800. The second-order valence-corrected chi connectivity index (χ2v) is 5.39. The topological polar surface area (TPSA) is 21.3 Å². The molecule has 2 heteroatoms. The van der Waals surface area contributed by atoms with Crippen molar-refractivity contribution in [2.75, 3.05) is 6.61 Å². The first-order valence-electron chi connectivity index (χ1n) is 5.45. The summed E-state index contributed by atoms with van der Waals surface area (Å²) >= 11 is 0. The predicted molar refractivity (Wildman–Crippen MR) is 53.5 cm³/mol. The van der Waals surface area contributed by atoms with Crippen LogP contribution >= 0.6 is 0 Å². The highest BCUT2D eigenvalue weighted by Gasteiger charge is 2.45. The van der Waals surface area contributed by atoms with E-state index in [4.69, 9.17) is 4.74 Å². The van der Waals surface area contributed by atoms with Crippen molar-refractivity contribution in [2.45, 2.75) is 57.7 Å². The van der Waals surface area contributed by atoms with Crippen LogP contribution in [-0.2, 0) is 4.74 Å². The minimum Gasteiger partial charge on any atom is -0.359 e. The van der Waals surface area contributed by atoms with Crippen LogP contribution < -0.4 is 5.32 Å². The molecule has 2 nitrogen and oxygen atoms in total. The maximum absolute atomic E-state index is 5.93. The summed E-state index contributed by atoms with van der Waals surface area (Å²) in [6.07, 6.45) is 5.43. The molecule has 2 aliphatic rings. The maximum Gasteiger partial charge on any atom is 0.119 e. The molecule has 1 N–H and O–H groups in total. The third-order valence-corrected chi connectivity index (χ3v) is 3.45. The number of hydrogen-bond acceptors (Lipinski definition) is 2. The minimum absolute atomic E-state index is 0.0417. The SMILES string of the molecule is CC1(C)COC(C)(C2CCCC2)N1. The van der Waals surface area contributed by atoms with Crippen LogP contribution in [0.4, 0.5) is 0 Å². The highest BCUT2D eigenvalue weighted by Crippen LogP contribution is 2.38. The lowest BCUT2D eigenvalue weighted by Gasteiger charge is -2.32. The van der Waals surface area contributed by atoms with Gasteiger partial charge in [0, 0.05) is 11.5 Å². The van der Waals surface area contributed by atoms with Gasteiger partial charge in [0.05, 0.1) is 6.61 Å². The Kier molecular flexibility index (Phi) is 2.16. The fraction of sp³-hybridized carbons (Fsp3) is 1.00. The van der Waals surface area contributed by atoms with Crippen LogP contribution in [0.1, 0.15) is 46.5 Å². The second kappa shape index (κ2) is 2.96. The molecule has 0 amide bonds. The van der Waals surface area contributed by atoms with Gasteiger partial charge in [-0.15, -0.1) is 0 Å². The van der Waals surface area contributed by atoms with E-state index in [1.807, 2.05) is 0 Å². The number of ether oxygens (including phenoxy) is 1. The molecule has 13 heavy (non-hydrogen) atoms. The predicted octanol–water partition coefficient (Wildman–Crippen LogP) is 2.29. The summed E-state index contributed by atoms with van der Waals surface area (Å²) in [7, 11) is 0. The van der Waals surface area contributed by atoms with Gasteiger partial charge < -0.3 is 4.74 Å². The third kappa shape index (κ3) is 1.75. The van der Waals surface area contributed by atoms with E-state index in [1.54, 1.807) is 0 Å². The molecule has 1 heterocycles. The Bertz CT molecular complexity index is 196. The molecular formula is C11H21NO. The van der Waals surface area contributed by atoms with Gasteiger partial charge >= 0.3 is 0 Å². The molecule has 1 saturated heterocycles. The van der Waals surface area contributed by atoms with E-state index in [0.717, 1.165) is 12.5 Å². The highest BCUT2D eigenvalue weighted by atomic mass is 16.5. The molecule has 0 aromatic carbocycles. The summed E-state index contributed by atoms with van der Waals surface area (Å²) < 4.78 is 5.93. The zero-order valence-electron chi connectivity index (χ0n) is 9.02. The third-order valence-electron chi connectivity index (χ3n) is 3.45. The lowest BCUT2D eigenvalue weighted by atomic mass is 9.94. The number of rotatable bonds is 1. The van der Waals surface area contributed by atoms with E-state index in [-0.39, 0.29) is 11.3 Å². The lowest BCUT2D eigenvalue weighted by Crippen LogP contribution is -2.50. The van der Waals surface area contributed by atoms with Crippen LogP contribution in [0.15, 0.2) is 0 Å². The Morgan fingerprint density at radius 2 is 1.77 bits per heavy atom. The van der Waals surface area contributed by atoms with Gasteiger partial charge in [0.15, 0.2) is 0 Å². The van der Waals surface area contributed by atoms with Crippen molar-refractivity contribution >= 4 is 0 Å². The quantitative estimate of drug-likeness (QED) is 0.673. The first-order valence-corrected chi connectivity index (χ1v) is 5.45. The molecular weight excluding hydrogens is 162 g/mol. The zero-order valence-corrected chi connectivity index (χ0v) is 9.02. The molecule has 1 aliphatic carbocycles. The standard InChI is InChI=1S/C11H21NO/c1-10(2)8-13-11(3,12-10)9-6-4-5-7-9/h9,12H,4-8H2,1-3H3. The molecule has 1 unspecified atom stereocenters. The minimum atomic E-state index is -0.0417. The summed E-state index contributed by atoms with van der Waals surface area (Å²) in [6.45, 7) is 7.50. The molecule has 1 aliphatic heterocycles. The first kappa shape index (κ1) is 9.47. The maximum atomic E-state index is 5.93. The van der Waals surface area contributed by atoms with Gasteiger partial charge in [-0.05, 0) is 33.6 Å². The van der Waals surface area contributed by atoms with E-state index in [2.05, 4.69) is 26.1 Å². The van der Waals surface area contributed by atoms with Gasteiger partial charge in [0.25, 0.3) is 0 Å². The largest absolute Gasteiger partial charge is 0.359 e. The molecule has 0 bridgehead atoms. The molecule has 2 fully saturated rings. The summed E-state index contributed by atoms with van der Waals surface area (Å²) in [5.41, 5.74) is 0.122. The normalized spacial score (nSPS) is 39.9. The fourth-order valence-corrected chi connectivity index (χ4v) is 2.77. The van der Waals surface area contributed by atoms with Crippen LogP contribution in [0.3, 0.4) is 0 Å². The van der Waals surface area contributed by atoms with Crippen molar-refractivity contribution in [2.24, 2.45) is 5.92 Å². The molecule has 1 atom stereocenters. The average molecular weight is 183 g/mol. The van der Waals surface area contributed by atoms with E-state index in [1.165, 1.54) is 25.7 Å². The molecule has 2 rings (SSSR count). The van der Waals surface area contributed by atoms with E-state index >= 15 is 0 Å². The summed E-state index contributed by atoms with van der Waals surface area (Å²) in [5, 5.41) is 3.63. The molecule has 0 radical (unpaired) electrons. The van der Waals surface area contributed by atoms with E-state index in [0.29, 0.717) is 0 Å². The Balaban J connectivity index is 2.05. The molecule has 76 valence electrons. The first-order chi connectivity index (χ1) is 6.02. The zero-order chi connectivity index (χ0) is 9.53. The van der Waals surface area contributed by atoms with Crippen molar-refractivity contribution in [3.63, 3.8) is 0 Å². The van der Waals surface area contributed by atoms with Gasteiger partial charge in [-0.2, -0.15) is 0 Å². The monoisotopic (exact) mass is 183 g/mol. The second-order valence-electron chi connectivity index (χ2n) is 5.39. The molecule has 0 aromatic rings. The van der Waals surface area contributed by atoms with Crippen molar-refractivity contribution in [3.8, 4) is 0 Å². The van der Waals surface area contributed by atoms with Gasteiger partial charge in [-0.25, -0.2) is 0 Å². The van der Waals surface area contributed by atoms with Gasteiger partial charge in [0.2, 0.25) is 0 Å². The smallest absolute Gasteiger partial charge is 0.119 e. The van der Waals surface area contributed by atoms with Crippen LogP contribution in [0.25, 0.3) is 0 Å². The summed E-state index contributed by atoms with van der Waals surface area (Å²) in [5.74, 6) is 0.731. The van der Waals surface area contributed by atoms with Gasteiger partial charge in [-0.1, -0.05) is 12.8 Å². The molecule has 1 saturated carbocycles. The van der Waals surface area contributed by atoms with Gasteiger partial charge in [0.1, 0.15) is 5.72 Å². The van der Waals surface area contributed by atoms with Crippen molar-refractivity contribution in [1.82, 2.24) is 5.32 Å². The van der Waals surface area contributed by atoms with Crippen LogP contribution in [0, 0.1) is 5.92 Å². The van der Waals surface area contributed by atoms with Crippen molar-refractivity contribution < 1.29 is 4.74 Å². The molecule has 0 spiro atoms.